The molecule has 1 aliphatic heterocycles. The fraction of sp³-hybridized carbons (Fsp3) is 0.458. The smallest absolute Gasteiger partial charge is 0.244 e. The standard InChI is InChI=1S/C24H30N4O4S2/c1-14(2)24-26-22(27-32-24)20-12-21(17(5)33-20)34(30,31)28-11-7-9-18(13-28)23(29)25-19-10-6-8-15(3)16(19)4/h6,8,10,12,14,18H,7,9,11,13H2,1-5H3,(H,25,29)/t18-/m1/s1. The van der Waals surface area contributed by atoms with Gasteiger partial charge in [-0.05, 0) is 56.9 Å². The van der Waals surface area contributed by atoms with Crippen molar-refractivity contribution in [3.63, 3.8) is 0 Å². The van der Waals surface area contributed by atoms with Gasteiger partial charge in [-0.25, -0.2) is 8.42 Å². The van der Waals surface area contributed by atoms with Gasteiger partial charge in [-0.2, -0.15) is 9.29 Å². The number of sulfonamides is 1. The molecule has 0 unspecified atom stereocenters. The Labute approximate surface area is 204 Å². The van der Waals surface area contributed by atoms with Crippen LogP contribution in [0.5, 0.6) is 0 Å². The normalized spacial score (nSPS) is 17.3. The number of piperidine rings is 1. The van der Waals surface area contributed by atoms with Gasteiger partial charge in [-0.3, -0.25) is 4.79 Å². The molecule has 1 saturated heterocycles. The summed E-state index contributed by atoms with van der Waals surface area (Å²) < 4.78 is 33.8. The Morgan fingerprint density at radius 1 is 1.26 bits per heavy atom. The summed E-state index contributed by atoms with van der Waals surface area (Å²) in [4.78, 5) is 18.9. The third-order valence-electron chi connectivity index (χ3n) is 6.26. The minimum Gasteiger partial charge on any atom is -0.339 e. The van der Waals surface area contributed by atoms with Gasteiger partial charge >= 0.3 is 0 Å². The molecule has 0 bridgehead atoms. The van der Waals surface area contributed by atoms with Crippen molar-refractivity contribution in [2.75, 3.05) is 18.4 Å². The molecule has 1 aromatic carbocycles. The van der Waals surface area contributed by atoms with Crippen LogP contribution in [0.4, 0.5) is 5.69 Å². The van der Waals surface area contributed by atoms with Gasteiger partial charge < -0.3 is 9.84 Å². The van der Waals surface area contributed by atoms with Crippen molar-refractivity contribution in [2.24, 2.45) is 5.92 Å². The van der Waals surface area contributed by atoms with Crippen LogP contribution in [0, 0.1) is 26.7 Å². The summed E-state index contributed by atoms with van der Waals surface area (Å²) in [5.74, 6) is 0.435. The van der Waals surface area contributed by atoms with Gasteiger partial charge in [0.2, 0.25) is 27.6 Å². The summed E-state index contributed by atoms with van der Waals surface area (Å²) in [7, 11) is -3.77. The zero-order chi connectivity index (χ0) is 24.6. The maximum atomic E-state index is 13.5. The summed E-state index contributed by atoms with van der Waals surface area (Å²) in [6.07, 6.45) is 1.28. The van der Waals surface area contributed by atoms with E-state index in [9.17, 15) is 13.2 Å². The molecule has 10 heteroatoms. The average molecular weight is 503 g/mol. The van der Waals surface area contributed by atoms with Gasteiger partial charge in [0.15, 0.2) is 0 Å². The first-order valence-electron chi connectivity index (χ1n) is 11.4. The number of hydrogen-bond donors (Lipinski definition) is 1. The van der Waals surface area contributed by atoms with Gasteiger partial charge in [0.1, 0.15) is 0 Å². The number of carbonyl (C=O) groups excluding carboxylic acids is 1. The van der Waals surface area contributed by atoms with Crippen LogP contribution in [0.15, 0.2) is 33.7 Å². The Hall–Kier alpha value is -2.56. The second kappa shape index (κ2) is 9.59. The number of aromatic nitrogens is 2. The molecule has 1 atom stereocenters. The first-order valence-corrected chi connectivity index (χ1v) is 13.6. The van der Waals surface area contributed by atoms with Crippen LogP contribution in [0.25, 0.3) is 10.7 Å². The molecule has 3 aromatic rings. The quantitative estimate of drug-likeness (QED) is 0.515. The van der Waals surface area contributed by atoms with Crippen LogP contribution in [-0.2, 0) is 14.8 Å². The predicted octanol–water partition coefficient (Wildman–Crippen LogP) is 4.89. The fourth-order valence-electron chi connectivity index (χ4n) is 4.04. The SMILES string of the molecule is Cc1cccc(NC(=O)[C@@H]2CCCN(S(=O)(=O)c3cc(-c4noc(C(C)C)n4)sc3C)C2)c1C. The zero-order valence-electron chi connectivity index (χ0n) is 20.1. The maximum absolute atomic E-state index is 13.5. The number of carbonyl (C=O) groups is 1. The first kappa shape index (κ1) is 24.6. The van der Waals surface area contributed by atoms with Gasteiger partial charge in [0.05, 0.1) is 15.7 Å². The lowest BCUT2D eigenvalue weighted by atomic mass is 9.98. The Morgan fingerprint density at radius 3 is 2.74 bits per heavy atom. The number of benzene rings is 1. The van der Waals surface area contributed by atoms with E-state index in [1.54, 1.807) is 13.0 Å². The Bertz CT molecular complexity index is 1310. The number of rotatable bonds is 6. The van der Waals surface area contributed by atoms with Gasteiger partial charge in [-0.15, -0.1) is 11.3 Å². The molecule has 34 heavy (non-hydrogen) atoms. The van der Waals surface area contributed by atoms with E-state index in [0.29, 0.717) is 40.9 Å². The third kappa shape index (κ3) is 4.80. The molecule has 0 spiro atoms. The maximum Gasteiger partial charge on any atom is 0.244 e. The van der Waals surface area contributed by atoms with Crippen molar-refractivity contribution in [3.8, 4) is 10.7 Å². The summed E-state index contributed by atoms with van der Waals surface area (Å²) in [5, 5.41) is 7.00. The van der Waals surface area contributed by atoms with Crippen LogP contribution in [0.2, 0.25) is 0 Å². The summed E-state index contributed by atoms with van der Waals surface area (Å²) in [6, 6.07) is 7.39. The van der Waals surface area contributed by atoms with Gasteiger partial charge in [-0.1, -0.05) is 31.1 Å². The molecular weight excluding hydrogens is 472 g/mol. The molecule has 4 rings (SSSR count). The molecular formula is C24H30N4O4S2. The number of aryl methyl sites for hydroxylation is 2. The summed E-state index contributed by atoms with van der Waals surface area (Å²) in [5.41, 5.74) is 2.88. The van der Waals surface area contributed by atoms with Crippen LogP contribution >= 0.6 is 11.3 Å². The van der Waals surface area contributed by atoms with Gasteiger partial charge in [0.25, 0.3) is 0 Å². The van der Waals surface area contributed by atoms with E-state index < -0.39 is 15.9 Å². The summed E-state index contributed by atoms with van der Waals surface area (Å²) >= 11 is 1.33. The highest BCUT2D eigenvalue weighted by Crippen LogP contribution is 2.35. The largest absolute Gasteiger partial charge is 0.339 e. The average Bonchev–Trinajstić information content (AvgIpc) is 3.44. The number of nitrogens with one attached hydrogen (secondary N) is 1. The number of amides is 1. The van der Waals surface area contributed by atoms with E-state index in [1.807, 2.05) is 45.9 Å². The highest BCUT2D eigenvalue weighted by molar-refractivity contribution is 7.89. The van der Waals surface area contributed by atoms with E-state index in [2.05, 4.69) is 15.5 Å². The van der Waals surface area contributed by atoms with E-state index in [1.165, 1.54) is 15.6 Å². The third-order valence-corrected chi connectivity index (χ3v) is 9.43. The number of thiophene rings is 1. The molecule has 3 heterocycles. The summed E-state index contributed by atoms with van der Waals surface area (Å²) in [6.45, 7) is 10.2. The molecule has 1 fully saturated rings. The molecule has 1 amide bonds. The Kier molecular flexibility index (Phi) is 6.93. The van der Waals surface area contributed by atoms with Crippen molar-refractivity contribution in [1.82, 2.24) is 14.4 Å². The van der Waals surface area contributed by atoms with E-state index in [4.69, 9.17) is 4.52 Å². The molecule has 1 N–H and O–H groups in total. The fourth-order valence-corrected chi connectivity index (χ4v) is 7.05. The predicted molar refractivity (Wildman–Crippen MR) is 132 cm³/mol. The van der Waals surface area contributed by atoms with Crippen molar-refractivity contribution in [3.05, 3.63) is 46.2 Å². The van der Waals surface area contributed by atoms with Gasteiger partial charge in [0, 0.05) is 29.6 Å². The lowest BCUT2D eigenvalue weighted by Gasteiger charge is -2.31. The van der Waals surface area contributed by atoms with E-state index >= 15 is 0 Å². The van der Waals surface area contributed by atoms with Crippen molar-refractivity contribution in [2.45, 2.75) is 58.3 Å². The minimum absolute atomic E-state index is 0.0885. The Morgan fingerprint density at radius 2 is 2.03 bits per heavy atom. The monoisotopic (exact) mass is 502 g/mol. The van der Waals surface area contributed by atoms with E-state index in [0.717, 1.165) is 16.8 Å². The molecule has 1 aliphatic rings. The van der Waals surface area contributed by atoms with Crippen LogP contribution in [-0.4, -0.2) is 41.9 Å². The van der Waals surface area contributed by atoms with Crippen molar-refractivity contribution >= 4 is 33.0 Å². The number of anilines is 1. The van der Waals surface area contributed by atoms with Crippen LogP contribution in [0.1, 0.15) is 54.5 Å². The highest BCUT2D eigenvalue weighted by atomic mass is 32.2. The van der Waals surface area contributed by atoms with Crippen molar-refractivity contribution in [1.29, 1.82) is 0 Å². The molecule has 182 valence electrons. The minimum atomic E-state index is -3.77. The van der Waals surface area contributed by atoms with Crippen LogP contribution in [0.3, 0.4) is 0 Å². The number of hydrogen-bond acceptors (Lipinski definition) is 7. The lowest BCUT2D eigenvalue weighted by molar-refractivity contribution is -0.120. The Balaban J connectivity index is 1.53. The number of nitrogens with zero attached hydrogens (tertiary/aromatic N) is 3. The first-order chi connectivity index (χ1) is 16.1. The zero-order valence-corrected chi connectivity index (χ0v) is 21.7. The topological polar surface area (TPSA) is 105 Å². The molecule has 0 radical (unpaired) electrons. The molecule has 0 aliphatic carbocycles. The molecule has 0 saturated carbocycles. The van der Waals surface area contributed by atoms with Crippen molar-refractivity contribution < 1.29 is 17.7 Å². The second-order valence-corrected chi connectivity index (χ2v) is 12.2. The van der Waals surface area contributed by atoms with Crippen LogP contribution < -0.4 is 5.32 Å². The van der Waals surface area contributed by atoms with E-state index in [-0.39, 0.29) is 23.3 Å². The molecule has 8 nitrogen and oxygen atoms in total. The molecule has 2 aromatic heterocycles. The lowest BCUT2D eigenvalue weighted by Crippen LogP contribution is -2.43. The second-order valence-electron chi connectivity index (χ2n) is 9.08. The highest BCUT2D eigenvalue weighted by Gasteiger charge is 2.35.